The Balaban J connectivity index is 0.00000104. The summed E-state index contributed by atoms with van der Waals surface area (Å²) in [5.41, 5.74) is 3.85. The zero-order valence-electron chi connectivity index (χ0n) is 12.7. The van der Waals surface area contributed by atoms with E-state index in [1.807, 2.05) is 54.9 Å². The van der Waals surface area contributed by atoms with E-state index in [-0.39, 0.29) is 34.0 Å². The van der Waals surface area contributed by atoms with Crippen LogP contribution in [0.1, 0.15) is 5.69 Å². The van der Waals surface area contributed by atoms with Gasteiger partial charge in [-0.15, -0.1) is 45.3 Å². The summed E-state index contributed by atoms with van der Waals surface area (Å²) in [5.74, 6) is 0.790. The van der Waals surface area contributed by atoms with Crippen molar-refractivity contribution < 1.29 is 0 Å². The summed E-state index contributed by atoms with van der Waals surface area (Å²) in [6.45, 7) is 2.01. The van der Waals surface area contributed by atoms with Crippen molar-refractivity contribution in [3.8, 4) is 11.4 Å². The van der Waals surface area contributed by atoms with Gasteiger partial charge in [0.15, 0.2) is 5.13 Å². The van der Waals surface area contributed by atoms with Crippen LogP contribution >= 0.6 is 45.3 Å². The number of nitrogens with zero attached hydrogens (tertiary/aromatic N) is 4. The minimum Gasteiger partial charge on any atom is -0.316 e. The molecule has 1 N–H and O–H groups in total. The van der Waals surface area contributed by atoms with Crippen LogP contribution in [-0.4, -0.2) is 19.4 Å². The molecule has 24 heavy (non-hydrogen) atoms. The highest BCUT2D eigenvalue weighted by Crippen LogP contribution is 2.29. The molecule has 0 bridgehead atoms. The van der Waals surface area contributed by atoms with Crippen molar-refractivity contribution in [1.82, 2.24) is 19.4 Å². The molecule has 0 aliphatic rings. The van der Waals surface area contributed by atoms with Gasteiger partial charge in [0, 0.05) is 17.8 Å². The first-order valence-corrected chi connectivity index (χ1v) is 7.77. The Bertz CT molecular complexity index is 936. The van der Waals surface area contributed by atoms with Crippen molar-refractivity contribution in [1.29, 1.82) is 0 Å². The van der Waals surface area contributed by atoms with Crippen LogP contribution in [0.2, 0.25) is 0 Å². The number of aryl methyl sites for hydroxylation is 1. The van der Waals surface area contributed by atoms with Crippen molar-refractivity contribution in [3.05, 3.63) is 59.9 Å². The first kappa shape index (κ1) is 18.6. The number of halogens is 2. The number of thiazole rings is 1. The molecule has 0 aromatic carbocycles. The first-order valence-electron chi connectivity index (χ1n) is 6.89. The highest BCUT2D eigenvalue weighted by Gasteiger charge is 2.13. The van der Waals surface area contributed by atoms with Crippen molar-refractivity contribution in [2.75, 3.05) is 5.32 Å². The Morgan fingerprint density at radius 3 is 2.67 bits per heavy atom. The normalized spacial score (nSPS) is 10.0. The third-order valence-corrected chi connectivity index (χ3v) is 4.11. The van der Waals surface area contributed by atoms with E-state index in [0.717, 1.165) is 33.7 Å². The molecule has 0 saturated carbocycles. The molecule has 0 unspecified atom stereocenters. The van der Waals surface area contributed by atoms with Crippen LogP contribution < -0.4 is 5.32 Å². The molecule has 0 saturated heterocycles. The first-order chi connectivity index (χ1) is 10.8. The Morgan fingerprint density at radius 2 is 1.88 bits per heavy atom. The van der Waals surface area contributed by atoms with Crippen molar-refractivity contribution in [3.63, 3.8) is 0 Å². The van der Waals surface area contributed by atoms with E-state index < -0.39 is 0 Å². The van der Waals surface area contributed by atoms with Gasteiger partial charge in [0.2, 0.25) is 0 Å². The van der Waals surface area contributed by atoms with Crippen LogP contribution in [0.3, 0.4) is 0 Å². The molecule has 4 rings (SSSR count). The standard InChI is InChI=1S/C16H13N5S.2BrH/c1-11-15(21-9-5-3-7-14(21)18-11)12-10-22-16(19-12)20-13-6-2-4-8-17-13;;/h2-10H,1H3,(H,17,19,20);2*1H. The molecular weight excluding hydrogens is 454 g/mol. The number of aromatic nitrogens is 4. The van der Waals surface area contributed by atoms with Crippen molar-refractivity contribution in [2.45, 2.75) is 6.92 Å². The van der Waals surface area contributed by atoms with Crippen LogP contribution in [-0.2, 0) is 0 Å². The maximum atomic E-state index is 4.67. The van der Waals surface area contributed by atoms with E-state index in [4.69, 9.17) is 0 Å². The number of fused-ring (bicyclic) bond motifs is 1. The van der Waals surface area contributed by atoms with Crippen molar-refractivity contribution >= 4 is 61.9 Å². The van der Waals surface area contributed by atoms with Gasteiger partial charge < -0.3 is 5.32 Å². The maximum Gasteiger partial charge on any atom is 0.188 e. The Morgan fingerprint density at radius 1 is 1.04 bits per heavy atom. The van der Waals surface area contributed by atoms with Crippen LogP contribution in [0.25, 0.3) is 17.0 Å². The third kappa shape index (κ3) is 3.50. The molecule has 0 atom stereocenters. The molecule has 0 amide bonds. The maximum absolute atomic E-state index is 4.67. The van der Waals surface area contributed by atoms with E-state index >= 15 is 0 Å². The Labute approximate surface area is 164 Å². The van der Waals surface area contributed by atoms with E-state index in [9.17, 15) is 0 Å². The lowest BCUT2D eigenvalue weighted by Crippen LogP contribution is -1.93. The fourth-order valence-electron chi connectivity index (χ4n) is 2.41. The molecule has 4 aromatic heterocycles. The van der Waals surface area contributed by atoms with E-state index in [1.165, 1.54) is 0 Å². The SMILES string of the molecule is Br.Br.Cc1nc2ccccn2c1-c1csc(Nc2ccccn2)n1. The molecule has 124 valence electrons. The number of anilines is 2. The molecule has 0 fully saturated rings. The summed E-state index contributed by atoms with van der Waals surface area (Å²) >= 11 is 1.56. The molecule has 0 radical (unpaired) electrons. The van der Waals surface area contributed by atoms with Gasteiger partial charge in [-0.1, -0.05) is 12.1 Å². The van der Waals surface area contributed by atoms with Gasteiger partial charge >= 0.3 is 0 Å². The second-order valence-corrected chi connectivity index (χ2v) is 5.71. The van der Waals surface area contributed by atoms with Gasteiger partial charge in [0.25, 0.3) is 0 Å². The topological polar surface area (TPSA) is 55.1 Å². The number of imidazole rings is 1. The molecule has 0 aliphatic heterocycles. The number of nitrogens with one attached hydrogen (secondary N) is 1. The fraction of sp³-hybridized carbons (Fsp3) is 0.0625. The molecule has 8 heteroatoms. The number of pyridine rings is 2. The monoisotopic (exact) mass is 467 g/mol. The number of rotatable bonds is 3. The predicted molar refractivity (Wildman–Crippen MR) is 109 cm³/mol. The largest absolute Gasteiger partial charge is 0.316 e. The lowest BCUT2D eigenvalue weighted by atomic mass is 10.3. The average molecular weight is 469 g/mol. The molecule has 4 heterocycles. The van der Waals surface area contributed by atoms with Gasteiger partial charge in [0.05, 0.1) is 11.4 Å². The minimum absolute atomic E-state index is 0. The van der Waals surface area contributed by atoms with E-state index in [2.05, 4.69) is 24.7 Å². The van der Waals surface area contributed by atoms with Crippen LogP contribution in [0, 0.1) is 6.92 Å². The molecule has 5 nitrogen and oxygen atoms in total. The molecule has 4 aromatic rings. The zero-order valence-corrected chi connectivity index (χ0v) is 17.0. The molecule has 0 spiro atoms. The van der Waals surface area contributed by atoms with Crippen molar-refractivity contribution in [2.24, 2.45) is 0 Å². The summed E-state index contributed by atoms with van der Waals surface area (Å²) in [7, 11) is 0. The van der Waals surface area contributed by atoms with E-state index in [0.29, 0.717) is 0 Å². The third-order valence-electron chi connectivity index (χ3n) is 3.35. The highest BCUT2D eigenvalue weighted by molar-refractivity contribution is 8.93. The van der Waals surface area contributed by atoms with Gasteiger partial charge in [-0.05, 0) is 31.2 Å². The van der Waals surface area contributed by atoms with Gasteiger partial charge in [-0.25, -0.2) is 15.0 Å². The molecule has 0 aliphatic carbocycles. The predicted octanol–water partition coefficient (Wildman–Crippen LogP) is 5.06. The second kappa shape index (κ2) is 7.87. The minimum atomic E-state index is 0. The van der Waals surface area contributed by atoms with Gasteiger partial charge in [-0.3, -0.25) is 4.40 Å². The lowest BCUT2D eigenvalue weighted by Gasteiger charge is -2.00. The van der Waals surface area contributed by atoms with Gasteiger partial charge in [-0.2, -0.15) is 0 Å². The van der Waals surface area contributed by atoms with Crippen LogP contribution in [0.5, 0.6) is 0 Å². The average Bonchev–Trinajstić information content (AvgIpc) is 3.11. The lowest BCUT2D eigenvalue weighted by molar-refractivity contribution is 1.17. The fourth-order valence-corrected chi connectivity index (χ4v) is 3.11. The highest BCUT2D eigenvalue weighted by atomic mass is 79.9. The second-order valence-electron chi connectivity index (χ2n) is 4.85. The van der Waals surface area contributed by atoms with E-state index in [1.54, 1.807) is 17.5 Å². The van der Waals surface area contributed by atoms with Gasteiger partial charge in [0.1, 0.15) is 17.2 Å². The molecular formula is C16H15Br2N5S. The number of hydrogen-bond donors (Lipinski definition) is 1. The van der Waals surface area contributed by atoms with Crippen LogP contribution in [0.4, 0.5) is 10.9 Å². The Hall–Kier alpha value is -1.77. The summed E-state index contributed by atoms with van der Waals surface area (Å²) in [6.07, 6.45) is 3.77. The van der Waals surface area contributed by atoms with Crippen LogP contribution in [0.15, 0.2) is 54.2 Å². The smallest absolute Gasteiger partial charge is 0.188 e. The zero-order chi connectivity index (χ0) is 14.9. The summed E-state index contributed by atoms with van der Waals surface area (Å²) in [4.78, 5) is 13.5. The number of hydrogen-bond acceptors (Lipinski definition) is 5. The summed E-state index contributed by atoms with van der Waals surface area (Å²) in [6, 6.07) is 11.7. The summed E-state index contributed by atoms with van der Waals surface area (Å²) < 4.78 is 2.06. The summed E-state index contributed by atoms with van der Waals surface area (Å²) in [5, 5.41) is 6.08. The Kier molecular flexibility index (Phi) is 6.09. The quantitative estimate of drug-likeness (QED) is 0.456.